The zero-order chi connectivity index (χ0) is 9.35. The largest absolute Gasteiger partial charge is 0.381 e. The van der Waals surface area contributed by atoms with E-state index in [1.165, 1.54) is 0 Å². The summed E-state index contributed by atoms with van der Waals surface area (Å²) >= 11 is 0. The number of carbonyl (C=O) groups excluding carboxylic acids is 1. The molecule has 0 spiro atoms. The Bertz CT molecular complexity index is 305. The predicted octanol–water partition coefficient (Wildman–Crippen LogP) is 0.620. The second kappa shape index (κ2) is 2.51. The van der Waals surface area contributed by atoms with Gasteiger partial charge in [-0.3, -0.25) is 10.2 Å². The quantitative estimate of drug-likeness (QED) is 0.465. The van der Waals surface area contributed by atoms with Crippen molar-refractivity contribution in [2.45, 2.75) is 19.4 Å². The van der Waals surface area contributed by atoms with Gasteiger partial charge in [-0.25, -0.2) is 0 Å². The third kappa shape index (κ3) is 1.25. The van der Waals surface area contributed by atoms with E-state index < -0.39 is 17.2 Å². The molecule has 0 aromatic carbocycles. The second-order valence-electron chi connectivity index (χ2n) is 2.88. The molecular weight excluding hydrogens is 156 g/mol. The van der Waals surface area contributed by atoms with E-state index in [0.29, 0.717) is 5.70 Å². The highest BCUT2D eigenvalue weighted by Crippen LogP contribution is 2.23. The first-order valence-corrected chi connectivity index (χ1v) is 3.47. The topological polar surface area (TPSA) is 91.7 Å². The molecule has 64 valence electrons. The van der Waals surface area contributed by atoms with Crippen molar-refractivity contribution in [3.8, 4) is 0 Å². The molecule has 0 amide bonds. The molecule has 1 aliphatic heterocycles. The summed E-state index contributed by atoms with van der Waals surface area (Å²) in [6.45, 7) is 3.32. The van der Waals surface area contributed by atoms with E-state index in [1.807, 2.05) is 0 Å². The van der Waals surface area contributed by atoms with Crippen LogP contribution in [0.2, 0.25) is 0 Å². The molecule has 0 saturated carbocycles. The van der Waals surface area contributed by atoms with Crippen LogP contribution in [0.4, 0.5) is 0 Å². The Morgan fingerprint density at radius 2 is 2.33 bits per heavy atom. The number of nitrogens with zero attached hydrogens (tertiary/aromatic N) is 2. The van der Waals surface area contributed by atoms with Crippen molar-refractivity contribution < 1.29 is 4.79 Å². The lowest BCUT2D eigenvalue weighted by Gasteiger charge is -2.12. The number of carbonyl (C=O) groups is 1. The van der Waals surface area contributed by atoms with E-state index in [2.05, 4.69) is 10.2 Å². The number of hydrogen-bond donors (Lipinski definition) is 2. The monoisotopic (exact) mass is 166 g/mol. The number of amidine groups is 1. The summed E-state index contributed by atoms with van der Waals surface area (Å²) in [4.78, 5) is 11.3. The molecule has 1 heterocycles. The number of ketones is 1. The SMILES string of the molecule is CC1=CC(C)(C(=O)C(=N)N)N=N1. The van der Waals surface area contributed by atoms with Crippen LogP contribution in [-0.4, -0.2) is 17.2 Å². The van der Waals surface area contributed by atoms with Gasteiger partial charge in [0.25, 0.3) is 0 Å². The fraction of sp³-hybridized carbons (Fsp3) is 0.429. The van der Waals surface area contributed by atoms with Crippen LogP contribution in [0.3, 0.4) is 0 Å². The number of rotatable bonds is 2. The maximum atomic E-state index is 11.3. The maximum Gasteiger partial charge on any atom is 0.229 e. The van der Waals surface area contributed by atoms with Crippen molar-refractivity contribution in [2.24, 2.45) is 16.0 Å². The van der Waals surface area contributed by atoms with Crippen molar-refractivity contribution in [2.75, 3.05) is 0 Å². The highest BCUT2D eigenvalue weighted by molar-refractivity contribution is 6.40. The highest BCUT2D eigenvalue weighted by Gasteiger charge is 2.35. The third-order valence-electron chi connectivity index (χ3n) is 1.61. The van der Waals surface area contributed by atoms with Crippen LogP contribution in [0.15, 0.2) is 22.0 Å². The van der Waals surface area contributed by atoms with Gasteiger partial charge in [0.05, 0.1) is 5.70 Å². The lowest BCUT2D eigenvalue weighted by molar-refractivity contribution is -0.115. The molecule has 0 aliphatic carbocycles. The highest BCUT2D eigenvalue weighted by atomic mass is 16.1. The van der Waals surface area contributed by atoms with Gasteiger partial charge in [0, 0.05) is 0 Å². The molecular formula is C7H10N4O. The van der Waals surface area contributed by atoms with Crippen LogP contribution in [0.1, 0.15) is 13.8 Å². The van der Waals surface area contributed by atoms with Crippen molar-refractivity contribution in [1.29, 1.82) is 5.41 Å². The van der Waals surface area contributed by atoms with Crippen molar-refractivity contribution >= 4 is 11.6 Å². The summed E-state index contributed by atoms with van der Waals surface area (Å²) < 4.78 is 0. The molecule has 3 N–H and O–H groups in total. The summed E-state index contributed by atoms with van der Waals surface area (Å²) in [5, 5.41) is 14.4. The normalized spacial score (nSPS) is 27.0. The van der Waals surface area contributed by atoms with E-state index in [4.69, 9.17) is 11.1 Å². The van der Waals surface area contributed by atoms with Crippen LogP contribution >= 0.6 is 0 Å². The van der Waals surface area contributed by atoms with Gasteiger partial charge in [-0.15, -0.1) is 0 Å². The van der Waals surface area contributed by atoms with Crippen molar-refractivity contribution in [1.82, 2.24) is 0 Å². The first-order chi connectivity index (χ1) is 5.46. The second-order valence-corrected chi connectivity index (χ2v) is 2.88. The van der Waals surface area contributed by atoms with Gasteiger partial charge >= 0.3 is 0 Å². The van der Waals surface area contributed by atoms with Crippen LogP contribution in [0, 0.1) is 5.41 Å². The standard InChI is InChI=1S/C7H10N4O/c1-4-3-7(2,11-10-4)5(12)6(8)9/h3H,1-2H3,(H3,8,9). The first-order valence-electron chi connectivity index (χ1n) is 3.47. The van der Waals surface area contributed by atoms with Crippen LogP contribution in [0.5, 0.6) is 0 Å². The van der Waals surface area contributed by atoms with Gasteiger partial charge in [0.2, 0.25) is 5.78 Å². The number of nitrogens with two attached hydrogens (primary N) is 1. The van der Waals surface area contributed by atoms with E-state index in [-0.39, 0.29) is 0 Å². The Kier molecular flexibility index (Phi) is 1.79. The molecule has 1 unspecified atom stereocenters. The maximum absolute atomic E-state index is 11.3. The van der Waals surface area contributed by atoms with Crippen LogP contribution in [0.25, 0.3) is 0 Å². The summed E-state index contributed by atoms with van der Waals surface area (Å²) in [5.41, 5.74) is 4.68. The number of allylic oxidation sites excluding steroid dienone is 1. The summed E-state index contributed by atoms with van der Waals surface area (Å²) in [7, 11) is 0. The van der Waals surface area contributed by atoms with Gasteiger partial charge in [0.1, 0.15) is 0 Å². The van der Waals surface area contributed by atoms with E-state index in [1.54, 1.807) is 19.9 Å². The Balaban J connectivity index is 2.97. The number of azo groups is 1. The Labute approximate surface area is 69.9 Å². The zero-order valence-corrected chi connectivity index (χ0v) is 6.96. The molecule has 0 fully saturated rings. The molecule has 0 saturated heterocycles. The summed E-state index contributed by atoms with van der Waals surface area (Å²) in [6.07, 6.45) is 1.59. The van der Waals surface area contributed by atoms with Gasteiger partial charge in [-0.05, 0) is 19.9 Å². The lowest BCUT2D eigenvalue weighted by Crippen LogP contribution is -2.39. The fourth-order valence-electron chi connectivity index (χ4n) is 1.03. The molecule has 0 aromatic rings. The molecule has 5 heteroatoms. The molecule has 1 aliphatic rings. The van der Waals surface area contributed by atoms with E-state index in [0.717, 1.165) is 0 Å². The number of hydrogen-bond acceptors (Lipinski definition) is 4. The van der Waals surface area contributed by atoms with Crippen molar-refractivity contribution in [3.63, 3.8) is 0 Å². The van der Waals surface area contributed by atoms with Gasteiger partial charge in [-0.1, -0.05) is 0 Å². The Morgan fingerprint density at radius 3 is 2.67 bits per heavy atom. The van der Waals surface area contributed by atoms with Gasteiger partial charge < -0.3 is 5.73 Å². The Hall–Kier alpha value is -1.52. The summed E-state index contributed by atoms with van der Waals surface area (Å²) in [6, 6.07) is 0. The fourth-order valence-corrected chi connectivity index (χ4v) is 1.03. The molecule has 12 heavy (non-hydrogen) atoms. The molecule has 0 bridgehead atoms. The van der Waals surface area contributed by atoms with E-state index in [9.17, 15) is 4.79 Å². The van der Waals surface area contributed by atoms with E-state index >= 15 is 0 Å². The first kappa shape index (κ1) is 8.58. The smallest absolute Gasteiger partial charge is 0.229 e. The van der Waals surface area contributed by atoms with Gasteiger partial charge in [-0.2, -0.15) is 10.2 Å². The zero-order valence-electron chi connectivity index (χ0n) is 6.96. The van der Waals surface area contributed by atoms with Gasteiger partial charge in [0.15, 0.2) is 11.4 Å². The minimum atomic E-state index is -1.05. The molecule has 0 radical (unpaired) electrons. The molecule has 0 aromatic heterocycles. The number of Topliss-reactive ketones (excluding diaryl/α,β-unsaturated/α-hetero) is 1. The van der Waals surface area contributed by atoms with Crippen LogP contribution in [-0.2, 0) is 4.79 Å². The average Bonchev–Trinajstić information content (AvgIpc) is 2.31. The summed E-state index contributed by atoms with van der Waals surface area (Å²) in [5.74, 6) is -0.995. The molecule has 1 atom stereocenters. The number of nitrogens with one attached hydrogen (secondary N) is 1. The predicted molar refractivity (Wildman–Crippen MR) is 43.9 cm³/mol. The van der Waals surface area contributed by atoms with Crippen molar-refractivity contribution in [3.05, 3.63) is 11.8 Å². The Morgan fingerprint density at radius 1 is 1.75 bits per heavy atom. The molecule has 1 rings (SSSR count). The third-order valence-corrected chi connectivity index (χ3v) is 1.61. The molecule has 5 nitrogen and oxygen atoms in total. The van der Waals surface area contributed by atoms with Crippen LogP contribution < -0.4 is 5.73 Å². The minimum absolute atomic E-state index is 0.484. The average molecular weight is 166 g/mol. The lowest BCUT2D eigenvalue weighted by atomic mass is 9.96. The minimum Gasteiger partial charge on any atom is -0.381 e.